The van der Waals surface area contributed by atoms with Crippen molar-refractivity contribution in [3.8, 4) is 17.2 Å². The molecule has 2 N–H and O–H groups in total. The highest BCUT2D eigenvalue weighted by Gasteiger charge is 2.29. The molecule has 4 rings (SSSR count). The molecule has 39 heavy (non-hydrogen) atoms. The zero-order chi connectivity index (χ0) is 28.5. The Kier molecular flexibility index (Phi) is 8.95. The molecule has 1 fully saturated rings. The van der Waals surface area contributed by atoms with Gasteiger partial charge in [-0.05, 0) is 85.3 Å². The van der Waals surface area contributed by atoms with Crippen LogP contribution < -0.4 is 14.8 Å². The summed E-state index contributed by atoms with van der Waals surface area (Å²) in [5, 5.41) is 15.7. The van der Waals surface area contributed by atoms with Crippen molar-refractivity contribution in [2.45, 2.75) is 104 Å². The summed E-state index contributed by atoms with van der Waals surface area (Å²) in [7, 11) is 0. The van der Waals surface area contributed by atoms with E-state index in [0.717, 1.165) is 67.1 Å². The normalized spacial score (nSPS) is 17.4. The van der Waals surface area contributed by atoms with E-state index in [0.29, 0.717) is 16.8 Å². The quantitative estimate of drug-likeness (QED) is 0.339. The molecule has 0 aliphatic carbocycles. The maximum Gasteiger partial charge on any atom is 0.231 e. The van der Waals surface area contributed by atoms with Crippen molar-refractivity contribution < 1.29 is 14.6 Å². The molecule has 6 heteroatoms. The number of allylic oxidation sites excluding steroid dienone is 1. The third kappa shape index (κ3) is 7.31. The lowest BCUT2D eigenvalue weighted by Gasteiger charge is -2.35. The lowest BCUT2D eigenvalue weighted by Crippen LogP contribution is -2.43. The fraction of sp³-hybridized carbons (Fsp3) is 0.576. The van der Waals surface area contributed by atoms with Crippen LogP contribution in [0.1, 0.15) is 103 Å². The van der Waals surface area contributed by atoms with Gasteiger partial charge in [-0.15, -0.1) is 0 Å². The summed E-state index contributed by atoms with van der Waals surface area (Å²) in [6.07, 6.45) is 5.30. The van der Waals surface area contributed by atoms with Crippen LogP contribution >= 0.6 is 11.6 Å². The lowest BCUT2D eigenvalue weighted by molar-refractivity contribution is 0.173. The number of nitrogens with one attached hydrogen (secondary N) is 1. The van der Waals surface area contributed by atoms with Gasteiger partial charge in [0, 0.05) is 29.7 Å². The average molecular weight is 555 g/mol. The minimum absolute atomic E-state index is 0.110. The number of benzene rings is 2. The third-order valence-electron chi connectivity index (χ3n) is 7.85. The fourth-order valence-corrected chi connectivity index (χ4v) is 5.85. The Morgan fingerprint density at radius 1 is 1.00 bits per heavy atom. The number of fused-ring (bicyclic) bond motifs is 1. The highest BCUT2D eigenvalue weighted by Crippen LogP contribution is 2.41. The van der Waals surface area contributed by atoms with Gasteiger partial charge in [-0.25, -0.2) is 0 Å². The van der Waals surface area contributed by atoms with Crippen molar-refractivity contribution in [3.63, 3.8) is 0 Å². The van der Waals surface area contributed by atoms with Crippen LogP contribution in [-0.4, -0.2) is 35.9 Å². The zero-order valence-electron chi connectivity index (χ0n) is 25.1. The number of nitrogens with zero attached hydrogens (tertiary/aromatic N) is 1. The predicted molar refractivity (Wildman–Crippen MR) is 161 cm³/mol. The molecular formula is C33H47ClN2O3. The van der Waals surface area contributed by atoms with Crippen LogP contribution in [-0.2, 0) is 17.4 Å². The second-order valence-corrected chi connectivity index (χ2v) is 14.0. The molecule has 0 radical (unpaired) electrons. The first-order valence-corrected chi connectivity index (χ1v) is 14.7. The summed E-state index contributed by atoms with van der Waals surface area (Å²) in [4.78, 5) is 2.54. The maximum absolute atomic E-state index is 11.1. The van der Waals surface area contributed by atoms with Crippen LogP contribution in [0, 0.1) is 0 Å². The molecular weight excluding hydrogens is 508 g/mol. The van der Waals surface area contributed by atoms with Gasteiger partial charge in [0.1, 0.15) is 5.75 Å². The highest BCUT2D eigenvalue weighted by molar-refractivity contribution is 6.31. The number of hydrogen-bond acceptors (Lipinski definition) is 5. The van der Waals surface area contributed by atoms with E-state index < -0.39 is 0 Å². The van der Waals surface area contributed by atoms with Gasteiger partial charge in [-0.3, -0.25) is 4.90 Å². The second-order valence-electron chi connectivity index (χ2n) is 13.6. The van der Waals surface area contributed by atoms with Crippen LogP contribution in [0.4, 0.5) is 0 Å². The van der Waals surface area contributed by atoms with Gasteiger partial charge in [0.25, 0.3) is 0 Å². The molecule has 0 spiro atoms. The van der Waals surface area contributed by atoms with Crippen molar-refractivity contribution in [3.05, 3.63) is 63.2 Å². The van der Waals surface area contributed by atoms with E-state index in [1.165, 1.54) is 11.1 Å². The molecule has 2 aliphatic rings. The molecule has 214 valence electrons. The molecule has 2 aromatic rings. The number of aromatic hydroxyl groups is 1. The van der Waals surface area contributed by atoms with Crippen molar-refractivity contribution >= 4 is 11.6 Å². The van der Waals surface area contributed by atoms with Gasteiger partial charge in [-0.2, -0.15) is 0 Å². The first-order chi connectivity index (χ1) is 18.2. The number of rotatable bonds is 7. The molecule has 0 aromatic heterocycles. The van der Waals surface area contributed by atoms with Crippen LogP contribution in [0.5, 0.6) is 17.2 Å². The molecule has 1 unspecified atom stereocenters. The molecule has 2 heterocycles. The Morgan fingerprint density at radius 3 is 2.10 bits per heavy atom. The van der Waals surface area contributed by atoms with Crippen molar-refractivity contribution in [2.24, 2.45) is 0 Å². The van der Waals surface area contributed by atoms with Crippen LogP contribution in [0.25, 0.3) is 0 Å². The van der Waals surface area contributed by atoms with Crippen LogP contribution in [0.15, 0.2) is 35.9 Å². The number of piperidine rings is 1. The fourth-order valence-electron chi connectivity index (χ4n) is 5.57. The average Bonchev–Trinajstić information content (AvgIpc) is 3.29. The molecule has 0 amide bonds. The van der Waals surface area contributed by atoms with Gasteiger partial charge in [0.05, 0.1) is 0 Å². The van der Waals surface area contributed by atoms with Crippen LogP contribution in [0.2, 0.25) is 5.02 Å². The summed E-state index contributed by atoms with van der Waals surface area (Å²) in [6, 6.07) is 8.88. The molecule has 0 saturated carbocycles. The van der Waals surface area contributed by atoms with E-state index >= 15 is 0 Å². The standard InChI is InChI=1S/C33H47ClN2O3/c1-21(2)9-10-28(24-17-29-30(18-27(24)34)39-20-38-29)35-23-11-13-36(14-12-23)19-22-15-25(32(3,4)5)31(37)26(16-22)33(6,7)8/h9,15-18,23,28,35,37H,10-14,19-20H2,1-8H3. The molecule has 1 atom stereocenters. The summed E-state index contributed by atoms with van der Waals surface area (Å²) in [6.45, 7) is 20.5. The third-order valence-corrected chi connectivity index (χ3v) is 8.17. The maximum atomic E-state index is 11.1. The summed E-state index contributed by atoms with van der Waals surface area (Å²) in [5.41, 5.74) is 5.47. The predicted octanol–water partition coefficient (Wildman–Crippen LogP) is 8.02. The van der Waals surface area contributed by atoms with Crippen molar-refractivity contribution in [1.82, 2.24) is 10.2 Å². The Labute approximate surface area is 240 Å². The van der Waals surface area contributed by atoms with Gasteiger partial charge in [0.2, 0.25) is 6.79 Å². The Bertz CT molecular complexity index is 1160. The van der Waals surface area contributed by atoms with Crippen molar-refractivity contribution in [2.75, 3.05) is 19.9 Å². The van der Waals surface area contributed by atoms with E-state index in [4.69, 9.17) is 21.1 Å². The minimum Gasteiger partial charge on any atom is -0.507 e. The van der Waals surface area contributed by atoms with Gasteiger partial charge in [0.15, 0.2) is 11.5 Å². The number of ether oxygens (including phenoxy) is 2. The van der Waals surface area contributed by atoms with E-state index in [1.54, 1.807) is 0 Å². The monoisotopic (exact) mass is 554 g/mol. The smallest absolute Gasteiger partial charge is 0.231 e. The molecule has 1 saturated heterocycles. The minimum atomic E-state index is -0.118. The summed E-state index contributed by atoms with van der Waals surface area (Å²) in [5.74, 6) is 1.94. The number of likely N-dealkylation sites (tertiary alicyclic amines) is 1. The number of phenolic OH excluding ortho intramolecular Hbond substituents is 1. The molecule has 2 aliphatic heterocycles. The van der Waals surface area contributed by atoms with Gasteiger partial charge < -0.3 is 19.9 Å². The Hall–Kier alpha value is -2.21. The van der Waals surface area contributed by atoms with Gasteiger partial charge in [-0.1, -0.05) is 76.9 Å². The zero-order valence-corrected chi connectivity index (χ0v) is 25.8. The number of hydrogen-bond donors (Lipinski definition) is 2. The lowest BCUT2D eigenvalue weighted by atomic mass is 9.78. The largest absolute Gasteiger partial charge is 0.507 e. The first-order valence-electron chi connectivity index (χ1n) is 14.3. The number of halogens is 1. The first kappa shape index (κ1) is 29.8. The highest BCUT2D eigenvalue weighted by atomic mass is 35.5. The Morgan fingerprint density at radius 2 is 1.56 bits per heavy atom. The topological polar surface area (TPSA) is 54.0 Å². The van der Waals surface area contributed by atoms with Crippen LogP contribution in [0.3, 0.4) is 0 Å². The SMILES string of the molecule is CC(C)=CCC(NC1CCN(Cc2cc(C(C)(C)C)c(O)c(C(C)(C)C)c2)CC1)c1cc2c(cc1Cl)OCO2. The number of phenols is 1. The molecule has 5 nitrogen and oxygen atoms in total. The van der Waals surface area contributed by atoms with Gasteiger partial charge >= 0.3 is 0 Å². The molecule has 0 bridgehead atoms. The van der Waals surface area contributed by atoms with E-state index in [2.05, 4.69) is 83.8 Å². The molecule has 2 aromatic carbocycles. The van der Waals surface area contributed by atoms with Crippen molar-refractivity contribution in [1.29, 1.82) is 0 Å². The van der Waals surface area contributed by atoms with E-state index in [-0.39, 0.29) is 23.7 Å². The Balaban J connectivity index is 1.46. The van der Waals surface area contributed by atoms with E-state index in [1.807, 2.05) is 12.1 Å². The summed E-state index contributed by atoms with van der Waals surface area (Å²) < 4.78 is 11.2. The van der Waals surface area contributed by atoms with E-state index in [9.17, 15) is 5.11 Å². The second kappa shape index (κ2) is 11.7. The summed E-state index contributed by atoms with van der Waals surface area (Å²) >= 11 is 6.73.